The molecule has 0 aliphatic heterocycles. The van der Waals surface area contributed by atoms with Crippen molar-refractivity contribution in [2.24, 2.45) is 0 Å². The Balaban J connectivity index is 0. The molecule has 2 nitrogen and oxygen atoms in total. The van der Waals surface area contributed by atoms with Crippen molar-refractivity contribution in [1.29, 1.82) is 0 Å². The summed E-state index contributed by atoms with van der Waals surface area (Å²) in [7, 11) is 0. The molecule has 1 radical (unpaired) electrons. The number of allylic oxidation sites excluding steroid dienone is 4. The molecule has 9 heavy (non-hydrogen) atoms. The molecule has 0 unspecified atom stereocenters. The normalized spacial score (nSPS) is 11.1. The summed E-state index contributed by atoms with van der Waals surface area (Å²) in [5, 5.41) is 0. The maximum absolute atomic E-state index is 8.50. The van der Waals surface area contributed by atoms with Crippen molar-refractivity contribution in [1.82, 2.24) is 0 Å². The molecule has 3 heteroatoms. The number of rotatable bonds is 0. The van der Waals surface area contributed by atoms with E-state index < -0.39 is 18.5 Å². The molecule has 0 N–H and O–H groups in total. The van der Waals surface area contributed by atoms with Crippen molar-refractivity contribution in [2.45, 2.75) is 0 Å². The summed E-state index contributed by atoms with van der Waals surface area (Å²) < 4.78 is 17.0. The fourth-order valence-electron chi connectivity index (χ4n) is 0.321. The van der Waals surface area contributed by atoms with Crippen molar-refractivity contribution >= 4 is 0 Å². The molecule has 51 valence electrons. The van der Waals surface area contributed by atoms with Crippen molar-refractivity contribution in [3.8, 4) is 0 Å². The fraction of sp³-hybridized carbons (Fsp3) is 0. The van der Waals surface area contributed by atoms with Crippen molar-refractivity contribution < 1.29 is 25.3 Å². The molecule has 0 heterocycles. The van der Waals surface area contributed by atoms with Crippen LogP contribution in [-0.2, 0) is 25.3 Å². The standard InChI is InChI=1S/C5H5.CH3.Mo.2O/c1-2-4-5-3-1;;;;/h1-5H;1H3;;;/q;-1;;;. The van der Waals surface area contributed by atoms with Gasteiger partial charge in [-0.2, -0.15) is 0 Å². The third-order valence-electron chi connectivity index (χ3n) is 0.556. The summed E-state index contributed by atoms with van der Waals surface area (Å²) in [5.74, 6) is 0. The van der Waals surface area contributed by atoms with E-state index in [1.54, 1.807) is 0 Å². The zero-order valence-electron chi connectivity index (χ0n) is 5.11. The predicted molar refractivity (Wildman–Crippen MR) is 30.4 cm³/mol. The average Bonchev–Trinajstić information content (AvgIpc) is 2.17. The average molecular weight is 208 g/mol. The number of hydrogen-bond acceptors (Lipinski definition) is 2. The maximum atomic E-state index is 8.50. The first kappa shape index (κ1) is 11.6. The Bertz CT molecular complexity index is 122. The van der Waals surface area contributed by atoms with Gasteiger partial charge < -0.3 is 7.43 Å². The molecule has 0 aromatic heterocycles. The van der Waals surface area contributed by atoms with E-state index in [2.05, 4.69) is 0 Å². The summed E-state index contributed by atoms with van der Waals surface area (Å²) in [4.78, 5) is 0. The van der Waals surface area contributed by atoms with Crippen molar-refractivity contribution in [3.63, 3.8) is 0 Å². The first-order valence-electron chi connectivity index (χ1n) is 2.00. The molecular weight excluding hydrogens is 200 g/mol. The van der Waals surface area contributed by atoms with E-state index in [-0.39, 0.29) is 7.43 Å². The van der Waals surface area contributed by atoms with Gasteiger partial charge in [0.05, 0.1) is 0 Å². The summed E-state index contributed by atoms with van der Waals surface area (Å²) in [6.45, 7) is 0. The van der Waals surface area contributed by atoms with Crippen LogP contribution in [0.15, 0.2) is 24.3 Å². The van der Waals surface area contributed by atoms with E-state index in [1.807, 2.05) is 30.7 Å². The SMILES string of the molecule is [CH3-].[CH]1C=CC=C1.[O]=[Mo]=[O]. The molecule has 0 spiro atoms. The summed E-state index contributed by atoms with van der Waals surface area (Å²) >= 11 is -2.03. The van der Waals surface area contributed by atoms with Crippen molar-refractivity contribution in [2.75, 3.05) is 0 Å². The second-order valence-corrected chi connectivity index (χ2v) is 1.36. The van der Waals surface area contributed by atoms with Crippen LogP contribution in [-0.4, -0.2) is 0 Å². The van der Waals surface area contributed by atoms with E-state index in [1.165, 1.54) is 0 Å². The Morgan fingerprint density at radius 2 is 1.22 bits per heavy atom. The van der Waals surface area contributed by atoms with Crippen LogP contribution < -0.4 is 0 Å². The summed E-state index contributed by atoms with van der Waals surface area (Å²) in [6, 6.07) is 0. The summed E-state index contributed by atoms with van der Waals surface area (Å²) in [6.07, 6.45) is 10.0. The van der Waals surface area contributed by atoms with Gasteiger partial charge in [-0.3, -0.25) is 0 Å². The second kappa shape index (κ2) is 10.7. The zero-order valence-corrected chi connectivity index (χ0v) is 7.12. The van der Waals surface area contributed by atoms with Crippen LogP contribution in [0, 0.1) is 13.8 Å². The molecule has 0 aromatic carbocycles. The molecule has 1 aliphatic rings. The van der Waals surface area contributed by atoms with E-state index in [0.29, 0.717) is 0 Å². The van der Waals surface area contributed by atoms with Gasteiger partial charge in [0, 0.05) is 6.42 Å². The molecule has 0 saturated heterocycles. The first-order valence-corrected chi connectivity index (χ1v) is 3.64. The Morgan fingerprint density at radius 3 is 1.33 bits per heavy atom. The van der Waals surface area contributed by atoms with Crippen LogP contribution in [0.3, 0.4) is 0 Å². The van der Waals surface area contributed by atoms with Gasteiger partial charge in [-0.25, -0.2) is 0 Å². The van der Waals surface area contributed by atoms with E-state index in [4.69, 9.17) is 6.80 Å². The Labute approximate surface area is 63.8 Å². The minimum absolute atomic E-state index is 0. The molecular formula is C6H8MoO2-. The number of hydrogen-bond donors (Lipinski definition) is 0. The zero-order chi connectivity index (χ0) is 6.24. The van der Waals surface area contributed by atoms with E-state index >= 15 is 0 Å². The molecule has 0 saturated carbocycles. The van der Waals surface area contributed by atoms with Crippen molar-refractivity contribution in [3.05, 3.63) is 38.2 Å². The van der Waals surface area contributed by atoms with Gasteiger partial charge in [0.2, 0.25) is 0 Å². The Morgan fingerprint density at radius 1 is 0.889 bits per heavy atom. The van der Waals surface area contributed by atoms with Crippen LogP contribution in [0.1, 0.15) is 0 Å². The summed E-state index contributed by atoms with van der Waals surface area (Å²) in [5.41, 5.74) is 0. The molecule has 1 aliphatic carbocycles. The van der Waals surface area contributed by atoms with Gasteiger partial charge in [-0.1, -0.05) is 24.3 Å². The Hall–Kier alpha value is -0.232. The molecule has 0 amide bonds. The van der Waals surface area contributed by atoms with E-state index in [9.17, 15) is 0 Å². The van der Waals surface area contributed by atoms with E-state index in [0.717, 1.165) is 0 Å². The molecule has 0 atom stereocenters. The predicted octanol–water partition coefficient (Wildman–Crippen LogP) is 1.53. The molecule has 0 bridgehead atoms. The van der Waals surface area contributed by atoms with Crippen LogP contribution in [0.2, 0.25) is 0 Å². The van der Waals surface area contributed by atoms with Gasteiger partial charge in [0.1, 0.15) is 0 Å². The van der Waals surface area contributed by atoms with Gasteiger partial charge in [0.15, 0.2) is 0 Å². The van der Waals surface area contributed by atoms with Gasteiger partial charge in [-0.15, -0.1) is 0 Å². The van der Waals surface area contributed by atoms with Crippen LogP contribution in [0.25, 0.3) is 0 Å². The second-order valence-electron chi connectivity index (χ2n) is 1.03. The van der Waals surface area contributed by atoms with Gasteiger partial charge in [-0.05, 0) is 0 Å². The van der Waals surface area contributed by atoms with Crippen LogP contribution in [0.4, 0.5) is 0 Å². The minimum atomic E-state index is -2.03. The van der Waals surface area contributed by atoms with Gasteiger partial charge >= 0.3 is 25.3 Å². The van der Waals surface area contributed by atoms with Crippen LogP contribution >= 0.6 is 0 Å². The Kier molecular flexibility index (Phi) is 13.7. The quantitative estimate of drug-likeness (QED) is 0.446. The third-order valence-corrected chi connectivity index (χ3v) is 0.556. The first-order chi connectivity index (χ1) is 3.91. The third kappa shape index (κ3) is 11.4. The van der Waals surface area contributed by atoms with Gasteiger partial charge in [0.25, 0.3) is 0 Å². The fourth-order valence-corrected chi connectivity index (χ4v) is 0.321. The monoisotopic (exact) mass is 210 g/mol. The molecule has 0 aromatic rings. The molecule has 0 fully saturated rings. The molecule has 1 rings (SSSR count). The topological polar surface area (TPSA) is 34.1 Å². The van der Waals surface area contributed by atoms with Crippen LogP contribution in [0.5, 0.6) is 0 Å².